The fourth-order valence-electron chi connectivity index (χ4n) is 2.29. The third-order valence-electron chi connectivity index (χ3n) is 3.49. The third kappa shape index (κ3) is 6.11. The van der Waals surface area contributed by atoms with Crippen molar-refractivity contribution in [3.8, 4) is 0 Å². The lowest BCUT2D eigenvalue weighted by Gasteiger charge is -2.13. The largest absolute Gasteiger partial charge is 0.370 e. The van der Waals surface area contributed by atoms with Crippen molar-refractivity contribution in [2.75, 3.05) is 6.54 Å². The Balaban J connectivity index is 0.00000361. The van der Waals surface area contributed by atoms with Gasteiger partial charge in [-0.05, 0) is 57.2 Å². The highest BCUT2D eigenvalue weighted by Crippen LogP contribution is 2.16. The summed E-state index contributed by atoms with van der Waals surface area (Å²) in [4.78, 5) is 4.40. The van der Waals surface area contributed by atoms with E-state index in [4.69, 9.17) is 5.73 Å². The summed E-state index contributed by atoms with van der Waals surface area (Å²) in [6, 6.07) is 4.84. The minimum Gasteiger partial charge on any atom is -0.370 e. The van der Waals surface area contributed by atoms with Gasteiger partial charge in [0.2, 0.25) is 0 Å². The van der Waals surface area contributed by atoms with Crippen LogP contribution in [-0.2, 0) is 6.42 Å². The van der Waals surface area contributed by atoms with Crippen LogP contribution >= 0.6 is 24.0 Å². The summed E-state index contributed by atoms with van der Waals surface area (Å²) in [5.74, 6) is 0.553. The maximum atomic E-state index is 5.85. The molecule has 0 bridgehead atoms. The van der Waals surface area contributed by atoms with Crippen LogP contribution in [0.25, 0.3) is 0 Å². The number of aryl methyl sites for hydroxylation is 3. The Morgan fingerprint density at radius 1 is 1.25 bits per heavy atom. The second-order valence-corrected chi connectivity index (χ2v) is 5.35. The normalized spacial score (nSPS) is 12.8. The van der Waals surface area contributed by atoms with E-state index in [2.05, 4.69) is 57.1 Å². The quantitative estimate of drug-likeness (QED) is 0.460. The highest BCUT2D eigenvalue weighted by molar-refractivity contribution is 14.0. The van der Waals surface area contributed by atoms with Crippen LogP contribution in [0.1, 0.15) is 42.5 Å². The van der Waals surface area contributed by atoms with Gasteiger partial charge in [-0.15, -0.1) is 24.0 Å². The van der Waals surface area contributed by atoms with E-state index in [1.54, 1.807) is 0 Å². The van der Waals surface area contributed by atoms with Gasteiger partial charge in [-0.2, -0.15) is 0 Å². The van der Waals surface area contributed by atoms with Gasteiger partial charge >= 0.3 is 0 Å². The van der Waals surface area contributed by atoms with E-state index in [0.717, 1.165) is 19.4 Å². The highest BCUT2D eigenvalue weighted by Gasteiger charge is 2.04. The Kier molecular flexibility index (Phi) is 8.85. The molecule has 0 spiro atoms. The van der Waals surface area contributed by atoms with E-state index in [9.17, 15) is 0 Å². The summed E-state index contributed by atoms with van der Waals surface area (Å²) in [5, 5.41) is 3.18. The van der Waals surface area contributed by atoms with Crippen molar-refractivity contribution in [2.24, 2.45) is 10.7 Å². The van der Waals surface area contributed by atoms with Crippen molar-refractivity contribution in [1.82, 2.24) is 5.32 Å². The van der Waals surface area contributed by atoms with Crippen LogP contribution in [0.3, 0.4) is 0 Å². The second kappa shape index (κ2) is 9.21. The molecular weight excluding hydrogens is 361 g/mol. The van der Waals surface area contributed by atoms with Crippen LogP contribution in [0.15, 0.2) is 17.1 Å². The number of nitrogens with one attached hydrogen (secondary N) is 1. The van der Waals surface area contributed by atoms with Gasteiger partial charge in [-0.1, -0.05) is 24.6 Å². The molecule has 0 saturated heterocycles. The monoisotopic (exact) mass is 389 g/mol. The molecule has 20 heavy (non-hydrogen) atoms. The first-order chi connectivity index (χ1) is 8.93. The molecule has 1 unspecified atom stereocenters. The smallest absolute Gasteiger partial charge is 0.188 e. The minimum absolute atomic E-state index is 0. The average Bonchev–Trinajstić information content (AvgIpc) is 2.32. The molecule has 1 atom stereocenters. The molecule has 4 heteroatoms. The lowest BCUT2D eigenvalue weighted by Crippen LogP contribution is -2.38. The molecule has 0 aliphatic carbocycles. The Morgan fingerprint density at radius 2 is 1.80 bits per heavy atom. The third-order valence-corrected chi connectivity index (χ3v) is 3.49. The fraction of sp³-hybridized carbons (Fsp3) is 0.562. The molecule has 0 heterocycles. The summed E-state index contributed by atoms with van der Waals surface area (Å²) in [7, 11) is 0. The summed E-state index contributed by atoms with van der Waals surface area (Å²) >= 11 is 0. The Morgan fingerprint density at radius 3 is 2.30 bits per heavy atom. The van der Waals surface area contributed by atoms with Gasteiger partial charge in [0, 0.05) is 12.6 Å². The van der Waals surface area contributed by atoms with Crippen LogP contribution in [0, 0.1) is 20.8 Å². The molecule has 0 fully saturated rings. The van der Waals surface area contributed by atoms with Gasteiger partial charge < -0.3 is 11.1 Å². The number of nitrogens with two attached hydrogens (primary N) is 1. The molecule has 1 aromatic rings. The van der Waals surface area contributed by atoms with Gasteiger partial charge in [-0.3, -0.25) is 4.99 Å². The molecule has 0 aliphatic heterocycles. The molecule has 3 N–H and O–H groups in total. The molecule has 0 aromatic heterocycles. The van der Waals surface area contributed by atoms with Gasteiger partial charge in [0.05, 0.1) is 0 Å². The molecule has 114 valence electrons. The SMILES string of the molecule is CCC(C)NC(N)=NCCc1c(C)cc(C)cc1C.I. The lowest BCUT2D eigenvalue weighted by atomic mass is 9.97. The maximum Gasteiger partial charge on any atom is 0.188 e. The zero-order valence-corrected chi connectivity index (χ0v) is 15.6. The van der Waals surface area contributed by atoms with E-state index >= 15 is 0 Å². The van der Waals surface area contributed by atoms with Crippen LogP contribution < -0.4 is 11.1 Å². The van der Waals surface area contributed by atoms with Crippen LogP contribution in [0.5, 0.6) is 0 Å². The second-order valence-electron chi connectivity index (χ2n) is 5.35. The minimum atomic E-state index is 0. The van der Waals surface area contributed by atoms with E-state index in [1.807, 2.05) is 0 Å². The molecule has 1 aromatic carbocycles. The summed E-state index contributed by atoms with van der Waals surface area (Å²) in [6.45, 7) is 11.4. The Bertz CT molecular complexity index is 432. The Labute approximate surface area is 140 Å². The molecule has 0 saturated carbocycles. The number of aliphatic imine (C=N–C) groups is 1. The average molecular weight is 389 g/mol. The van der Waals surface area contributed by atoms with Gasteiger partial charge in [0.15, 0.2) is 5.96 Å². The molecule has 3 nitrogen and oxygen atoms in total. The Hall–Kier alpha value is -0.780. The first-order valence-corrected chi connectivity index (χ1v) is 7.07. The van der Waals surface area contributed by atoms with Crippen molar-refractivity contribution < 1.29 is 0 Å². The number of rotatable bonds is 5. The van der Waals surface area contributed by atoms with Gasteiger partial charge in [-0.25, -0.2) is 0 Å². The van der Waals surface area contributed by atoms with Crippen molar-refractivity contribution >= 4 is 29.9 Å². The zero-order valence-electron chi connectivity index (χ0n) is 13.3. The summed E-state index contributed by atoms with van der Waals surface area (Å²) in [6.07, 6.45) is 1.99. The number of halogens is 1. The van der Waals surface area contributed by atoms with Gasteiger partial charge in [0.1, 0.15) is 0 Å². The molecular formula is C16H28IN3. The molecule has 0 aliphatic rings. The van der Waals surface area contributed by atoms with Crippen LogP contribution in [0.2, 0.25) is 0 Å². The summed E-state index contributed by atoms with van der Waals surface area (Å²) < 4.78 is 0. The first-order valence-electron chi connectivity index (χ1n) is 7.07. The van der Waals surface area contributed by atoms with E-state index < -0.39 is 0 Å². The van der Waals surface area contributed by atoms with E-state index in [0.29, 0.717) is 12.0 Å². The lowest BCUT2D eigenvalue weighted by molar-refractivity contribution is 0.636. The number of hydrogen-bond donors (Lipinski definition) is 2. The molecule has 0 amide bonds. The van der Waals surface area contributed by atoms with E-state index in [-0.39, 0.29) is 24.0 Å². The predicted molar refractivity (Wildman–Crippen MR) is 99.2 cm³/mol. The van der Waals surface area contributed by atoms with Crippen molar-refractivity contribution in [3.05, 3.63) is 34.4 Å². The number of hydrogen-bond acceptors (Lipinski definition) is 1. The van der Waals surface area contributed by atoms with Crippen LogP contribution in [0.4, 0.5) is 0 Å². The zero-order chi connectivity index (χ0) is 14.4. The molecule has 1 rings (SSSR count). The maximum absolute atomic E-state index is 5.85. The summed E-state index contributed by atoms with van der Waals surface area (Å²) in [5.41, 5.74) is 11.3. The highest BCUT2D eigenvalue weighted by atomic mass is 127. The number of benzene rings is 1. The van der Waals surface area contributed by atoms with Crippen molar-refractivity contribution in [1.29, 1.82) is 0 Å². The standard InChI is InChI=1S/C16H27N3.HI/c1-6-14(5)19-16(17)18-8-7-15-12(3)9-11(2)10-13(15)4;/h9-10,14H,6-8H2,1-5H3,(H3,17,18,19);1H. The van der Waals surface area contributed by atoms with Crippen molar-refractivity contribution in [2.45, 2.75) is 53.5 Å². The van der Waals surface area contributed by atoms with Gasteiger partial charge in [0.25, 0.3) is 0 Å². The van der Waals surface area contributed by atoms with Crippen LogP contribution in [-0.4, -0.2) is 18.5 Å². The number of guanidine groups is 1. The molecule has 0 radical (unpaired) electrons. The topological polar surface area (TPSA) is 50.4 Å². The van der Waals surface area contributed by atoms with E-state index in [1.165, 1.54) is 22.3 Å². The first kappa shape index (κ1) is 19.2. The van der Waals surface area contributed by atoms with Crippen molar-refractivity contribution in [3.63, 3.8) is 0 Å². The number of nitrogens with zero attached hydrogens (tertiary/aromatic N) is 1. The fourth-order valence-corrected chi connectivity index (χ4v) is 2.29. The predicted octanol–water partition coefficient (Wildman–Crippen LogP) is 3.48.